The molecule has 1 heterocycles. The van der Waals surface area contributed by atoms with Gasteiger partial charge in [0, 0.05) is 20.8 Å². The van der Waals surface area contributed by atoms with E-state index in [1.54, 1.807) is 19.1 Å². The van der Waals surface area contributed by atoms with Crippen LogP contribution in [-0.2, 0) is 42.9 Å². The third kappa shape index (κ3) is 6.72. The van der Waals surface area contributed by atoms with Gasteiger partial charge in [-0.1, -0.05) is 17.7 Å². The SMILES string of the molecule is CC(=O)N[C@@H]1[C@@H](OC(C)=O)[C@H](OC(C)=O)[C@@H](COS(=O)(=O)c2ccc(C)cc2)O[C@H]1O. The van der Waals surface area contributed by atoms with Crippen LogP contribution in [0.3, 0.4) is 0 Å². The molecule has 1 saturated heterocycles. The van der Waals surface area contributed by atoms with E-state index in [0.717, 1.165) is 19.4 Å². The Morgan fingerprint density at radius 2 is 1.58 bits per heavy atom. The minimum absolute atomic E-state index is 0.105. The average molecular weight is 459 g/mol. The molecular formula is C19H25NO10S. The minimum Gasteiger partial charge on any atom is -0.456 e. The molecule has 0 bridgehead atoms. The molecule has 1 amide bonds. The third-order valence-corrected chi connectivity index (χ3v) is 5.63. The molecule has 5 atom stereocenters. The highest BCUT2D eigenvalue weighted by Gasteiger charge is 2.50. The van der Waals surface area contributed by atoms with Crippen LogP contribution in [0, 0.1) is 6.92 Å². The lowest BCUT2D eigenvalue weighted by atomic mass is 9.96. The Balaban J connectivity index is 2.29. The van der Waals surface area contributed by atoms with Crippen molar-refractivity contribution in [2.24, 2.45) is 0 Å². The average Bonchev–Trinajstić information content (AvgIpc) is 2.65. The first-order valence-corrected chi connectivity index (χ1v) is 10.7. The highest BCUT2D eigenvalue weighted by molar-refractivity contribution is 7.86. The quantitative estimate of drug-likeness (QED) is 0.413. The maximum Gasteiger partial charge on any atom is 0.303 e. The van der Waals surface area contributed by atoms with Gasteiger partial charge in [-0.05, 0) is 19.1 Å². The fourth-order valence-electron chi connectivity index (χ4n) is 3.04. The Kier molecular flexibility index (Phi) is 8.12. The van der Waals surface area contributed by atoms with Crippen molar-refractivity contribution < 1.29 is 46.3 Å². The smallest absolute Gasteiger partial charge is 0.303 e. The lowest BCUT2D eigenvalue weighted by molar-refractivity contribution is -0.261. The molecule has 1 aromatic carbocycles. The Morgan fingerprint density at radius 1 is 1.03 bits per heavy atom. The Bertz CT molecular complexity index is 914. The number of aliphatic hydroxyl groups is 1. The van der Waals surface area contributed by atoms with Crippen LogP contribution in [0.15, 0.2) is 29.2 Å². The molecule has 31 heavy (non-hydrogen) atoms. The van der Waals surface area contributed by atoms with Crippen molar-refractivity contribution in [3.05, 3.63) is 29.8 Å². The number of hydrogen-bond donors (Lipinski definition) is 2. The van der Waals surface area contributed by atoms with Crippen LogP contribution < -0.4 is 5.32 Å². The van der Waals surface area contributed by atoms with Crippen LogP contribution in [0.25, 0.3) is 0 Å². The van der Waals surface area contributed by atoms with Gasteiger partial charge in [-0.3, -0.25) is 18.6 Å². The summed E-state index contributed by atoms with van der Waals surface area (Å²) >= 11 is 0. The van der Waals surface area contributed by atoms with Gasteiger partial charge in [0.15, 0.2) is 18.5 Å². The second-order valence-corrected chi connectivity index (χ2v) is 8.61. The second-order valence-electron chi connectivity index (χ2n) is 6.99. The molecule has 2 rings (SSSR count). The van der Waals surface area contributed by atoms with E-state index in [4.69, 9.17) is 18.4 Å². The molecule has 0 aromatic heterocycles. The van der Waals surface area contributed by atoms with E-state index in [-0.39, 0.29) is 4.90 Å². The third-order valence-electron chi connectivity index (χ3n) is 4.34. The highest BCUT2D eigenvalue weighted by Crippen LogP contribution is 2.27. The van der Waals surface area contributed by atoms with Gasteiger partial charge >= 0.3 is 11.9 Å². The number of nitrogens with one attached hydrogen (secondary N) is 1. The maximum atomic E-state index is 12.5. The van der Waals surface area contributed by atoms with Gasteiger partial charge in [0.1, 0.15) is 12.1 Å². The summed E-state index contributed by atoms with van der Waals surface area (Å²) in [6, 6.07) is 4.63. The standard InChI is InChI=1S/C19H25NO10S/c1-10-5-7-14(8-6-10)31(25,26)27-9-15-17(28-12(3)22)18(29-13(4)23)16(19(24)30-15)20-11(2)21/h5-8,15-19,24H,9H2,1-4H3,(H,20,21)/t15-,16-,17-,18-,19-/m1/s1. The molecule has 0 radical (unpaired) electrons. The van der Waals surface area contributed by atoms with Crippen LogP contribution in [0.5, 0.6) is 0 Å². The first-order chi connectivity index (χ1) is 14.4. The van der Waals surface area contributed by atoms with E-state index in [1.807, 2.05) is 0 Å². The molecule has 12 heteroatoms. The van der Waals surface area contributed by atoms with Crippen LogP contribution in [0.1, 0.15) is 26.3 Å². The summed E-state index contributed by atoms with van der Waals surface area (Å²) < 4.78 is 45.7. The zero-order valence-corrected chi connectivity index (χ0v) is 18.2. The van der Waals surface area contributed by atoms with Gasteiger partial charge in [0.05, 0.1) is 11.5 Å². The normalized spacial score (nSPS) is 26.0. The van der Waals surface area contributed by atoms with Gasteiger partial charge in [-0.15, -0.1) is 0 Å². The monoisotopic (exact) mass is 459 g/mol. The number of aryl methyl sites for hydroxylation is 1. The van der Waals surface area contributed by atoms with E-state index in [9.17, 15) is 27.9 Å². The molecule has 1 fully saturated rings. The molecule has 0 spiro atoms. The largest absolute Gasteiger partial charge is 0.456 e. The minimum atomic E-state index is -4.20. The predicted octanol–water partition coefficient (Wildman–Crippen LogP) is -0.214. The first kappa shape index (κ1) is 24.7. The fourth-order valence-corrected chi connectivity index (χ4v) is 3.96. The number of hydrogen-bond acceptors (Lipinski definition) is 10. The van der Waals surface area contributed by atoms with Gasteiger partial charge in [0.25, 0.3) is 10.1 Å². The van der Waals surface area contributed by atoms with E-state index in [0.29, 0.717) is 0 Å². The molecule has 1 aliphatic heterocycles. The van der Waals surface area contributed by atoms with Crippen molar-refractivity contribution in [3.63, 3.8) is 0 Å². The van der Waals surface area contributed by atoms with Gasteiger partial charge in [-0.25, -0.2) is 0 Å². The highest BCUT2D eigenvalue weighted by atomic mass is 32.2. The Labute approximate surface area is 179 Å². The van der Waals surface area contributed by atoms with E-state index in [1.165, 1.54) is 19.1 Å². The van der Waals surface area contributed by atoms with Gasteiger partial charge in [0.2, 0.25) is 5.91 Å². The zero-order chi connectivity index (χ0) is 23.3. The number of aliphatic hydroxyl groups excluding tert-OH is 1. The predicted molar refractivity (Wildman–Crippen MR) is 104 cm³/mol. The lowest BCUT2D eigenvalue weighted by Crippen LogP contribution is -2.66. The number of carbonyl (C=O) groups is 3. The summed E-state index contributed by atoms with van der Waals surface area (Å²) in [4.78, 5) is 34.6. The van der Waals surface area contributed by atoms with Crippen LogP contribution in [-0.4, -0.2) is 68.6 Å². The van der Waals surface area contributed by atoms with Crippen molar-refractivity contribution in [1.82, 2.24) is 5.32 Å². The second kappa shape index (κ2) is 10.2. The van der Waals surface area contributed by atoms with Crippen LogP contribution in [0.4, 0.5) is 0 Å². The number of benzene rings is 1. The number of esters is 2. The van der Waals surface area contributed by atoms with Crippen molar-refractivity contribution in [3.8, 4) is 0 Å². The van der Waals surface area contributed by atoms with Crippen molar-refractivity contribution in [1.29, 1.82) is 0 Å². The summed E-state index contributed by atoms with van der Waals surface area (Å²) in [7, 11) is -4.20. The number of carbonyl (C=O) groups excluding carboxylic acids is 3. The Hall–Kier alpha value is -2.54. The van der Waals surface area contributed by atoms with Crippen LogP contribution >= 0.6 is 0 Å². The summed E-state index contributed by atoms with van der Waals surface area (Å²) in [5, 5.41) is 12.7. The summed E-state index contributed by atoms with van der Waals surface area (Å²) in [6.07, 6.45) is -5.75. The fraction of sp³-hybridized carbons (Fsp3) is 0.526. The van der Waals surface area contributed by atoms with Crippen LogP contribution in [0.2, 0.25) is 0 Å². The van der Waals surface area contributed by atoms with Gasteiger partial charge < -0.3 is 24.6 Å². The topological polar surface area (TPSA) is 155 Å². The number of rotatable bonds is 7. The van der Waals surface area contributed by atoms with Gasteiger partial charge in [-0.2, -0.15) is 8.42 Å². The van der Waals surface area contributed by atoms with E-state index >= 15 is 0 Å². The molecule has 11 nitrogen and oxygen atoms in total. The van der Waals surface area contributed by atoms with Crippen molar-refractivity contribution in [2.45, 2.75) is 63.2 Å². The number of amides is 1. The molecule has 0 saturated carbocycles. The Morgan fingerprint density at radius 3 is 2.10 bits per heavy atom. The van der Waals surface area contributed by atoms with E-state index < -0.39 is 65.2 Å². The summed E-state index contributed by atoms with van der Waals surface area (Å²) in [6.45, 7) is 4.48. The van der Waals surface area contributed by atoms with E-state index in [2.05, 4.69) is 5.32 Å². The molecule has 0 aliphatic carbocycles. The number of ether oxygens (including phenoxy) is 3. The maximum absolute atomic E-state index is 12.5. The molecule has 172 valence electrons. The molecule has 1 aliphatic rings. The summed E-state index contributed by atoms with van der Waals surface area (Å²) in [5.74, 6) is -2.13. The zero-order valence-electron chi connectivity index (χ0n) is 17.4. The first-order valence-electron chi connectivity index (χ1n) is 9.32. The molecular weight excluding hydrogens is 434 g/mol. The van der Waals surface area contributed by atoms with Crippen molar-refractivity contribution >= 4 is 28.0 Å². The molecule has 0 unspecified atom stereocenters. The summed E-state index contributed by atoms with van der Waals surface area (Å²) in [5.41, 5.74) is 0.848. The molecule has 2 N–H and O–H groups in total. The molecule has 1 aromatic rings. The van der Waals surface area contributed by atoms with Crippen molar-refractivity contribution in [2.75, 3.05) is 6.61 Å². The lowest BCUT2D eigenvalue weighted by Gasteiger charge is -2.43.